The summed E-state index contributed by atoms with van der Waals surface area (Å²) in [5.74, 6) is 1.04. The van der Waals surface area contributed by atoms with Gasteiger partial charge in [0.15, 0.2) is 5.76 Å². The second kappa shape index (κ2) is 3.31. The number of ether oxygens (including phenoxy) is 1. The summed E-state index contributed by atoms with van der Waals surface area (Å²) in [5, 5.41) is 4.61. The van der Waals surface area contributed by atoms with Crippen molar-refractivity contribution >= 4 is 11.6 Å². The minimum Gasteiger partial charge on any atom is -0.364 e. The molecule has 3 nitrogen and oxygen atoms in total. The summed E-state index contributed by atoms with van der Waals surface area (Å²) in [4.78, 5) is 0. The molecule has 2 atom stereocenters. The summed E-state index contributed by atoms with van der Waals surface area (Å²) in [7, 11) is 0. The largest absolute Gasteiger partial charge is 0.364 e. The van der Waals surface area contributed by atoms with Crippen molar-refractivity contribution in [3.8, 4) is 0 Å². The summed E-state index contributed by atoms with van der Waals surface area (Å²) < 4.78 is 10.2. The molecule has 1 fully saturated rings. The first kappa shape index (κ1) is 9.03. The highest BCUT2D eigenvalue weighted by atomic mass is 35.5. The van der Waals surface area contributed by atoms with Gasteiger partial charge in [0.2, 0.25) is 0 Å². The quantitative estimate of drug-likeness (QED) is 0.706. The molecule has 0 amide bonds. The molecule has 0 saturated carbocycles. The first-order valence-electron chi connectivity index (χ1n) is 4.50. The lowest BCUT2D eigenvalue weighted by atomic mass is 10.1. The van der Waals surface area contributed by atoms with E-state index in [-0.39, 0.29) is 6.10 Å². The minimum atomic E-state index is 0.0535. The van der Waals surface area contributed by atoms with Crippen LogP contribution in [-0.2, 0) is 4.74 Å². The van der Waals surface area contributed by atoms with Gasteiger partial charge in [0.25, 0.3) is 0 Å². The van der Waals surface area contributed by atoms with E-state index in [1.807, 2.05) is 0 Å². The second-order valence-corrected chi connectivity index (χ2v) is 3.76. The van der Waals surface area contributed by atoms with Crippen molar-refractivity contribution in [2.75, 3.05) is 6.61 Å². The number of rotatable bonds is 3. The number of nitrogens with zero attached hydrogens (tertiary/aromatic N) is 1. The Bertz CT molecular complexity index is 307. The van der Waals surface area contributed by atoms with Crippen molar-refractivity contribution in [2.24, 2.45) is 0 Å². The molecule has 13 heavy (non-hydrogen) atoms. The molecule has 0 bridgehead atoms. The maximum Gasteiger partial charge on any atom is 0.186 e. The van der Waals surface area contributed by atoms with Crippen LogP contribution in [0.3, 0.4) is 0 Å². The number of halogens is 1. The van der Waals surface area contributed by atoms with E-state index < -0.39 is 0 Å². The zero-order valence-corrected chi connectivity index (χ0v) is 8.47. The maximum atomic E-state index is 6.10. The highest BCUT2D eigenvalue weighted by Crippen LogP contribution is 2.38. The average molecular weight is 202 g/mol. The summed E-state index contributed by atoms with van der Waals surface area (Å²) in [6, 6.07) is 0. The zero-order valence-electron chi connectivity index (χ0n) is 7.71. The molecule has 1 aliphatic heterocycles. The summed E-state index contributed by atoms with van der Waals surface area (Å²) in [6.45, 7) is 4.89. The van der Waals surface area contributed by atoms with E-state index in [0.29, 0.717) is 23.3 Å². The summed E-state index contributed by atoms with van der Waals surface area (Å²) >= 11 is 6.10. The van der Waals surface area contributed by atoms with Crippen molar-refractivity contribution in [2.45, 2.75) is 32.3 Å². The molecule has 2 unspecified atom stereocenters. The van der Waals surface area contributed by atoms with Crippen LogP contribution in [0, 0.1) is 0 Å². The van der Waals surface area contributed by atoms with E-state index in [9.17, 15) is 0 Å². The molecule has 0 aliphatic carbocycles. The van der Waals surface area contributed by atoms with Gasteiger partial charge < -0.3 is 9.26 Å². The molecular weight excluding hydrogens is 190 g/mol. The third-order valence-electron chi connectivity index (χ3n) is 2.39. The van der Waals surface area contributed by atoms with E-state index in [4.69, 9.17) is 20.9 Å². The number of aromatic nitrogens is 1. The van der Waals surface area contributed by atoms with Gasteiger partial charge in [-0.25, -0.2) is 0 Å². The topological polar surface area (TPSA) is 38.6 Å². The first-order valence-corrected chi connectivity index (χ1v) is 4.88. The Kier molecular flexibility index (Phi) is 2.30. The van der Waals surface area contributed by atoms with Crippen molar-refractivity contribution in [1.29, 1.82) is 0 Å². The van der Waals surface area contributed by atoms with Gasteiger partial charge in [0.05, 0.1) is 6.61 Å². The van der Waals surface area contributed by atoms with Crippen molar-refractivity contribution in [1.82, 2.24) is 5.16 Å². The summed E-state index contributed by atoms with van der Waals surface area (Å²) in [5.41, 5.74) is 0.856. The van der Waals surface area contributed by atoms with Gasteiger partial charge >= 0.3 is 0 Å². The van der Waals surface area contributed by atoms with Crippen LogP contribution in [-0.4, -0.2) is 11.8 Å². The van der Waals surface area contributed by atoms with Crippen LogP contribution >= 0.6 is 11.6 Å². The fourth-order valence-electron chi connectivity index (χ4n) is 1.20. The van der Waals surface area contributed by atoms with Gasteiger partial charge in [-0.2, -0.15) is 0 Å². The molecule has 1 aliphatic rings. The van der Waals surface area contributed by atoms with Crippen LogP contribution < -0.4 is 0 Å². The Morgan fingerprint density at radius 1 is 1.69 bits per heavy atom. The van der Waals surface area contributed by atoms with Crippen molar-refractivity contribution in [3.05, 3.63) is 16.5 Å². The predicted octanol–water partition coefficient (Wildman–Crippen LogP) is 2.91. The highest BCUT2D eigenvalue weighted by Gasteiger charge is 2.33. The van der Waals surface area contributed by atoms with Crippen molar-refractivity contribution in [3.63, 3.8) is 0 Å². The van der Waals surface area contributed by atoms with E-state index in [0.717, 1.165) is 12.1 Å². The molecular formula is C9H12ClNO2. The maximum absolute atomic E-state index is 6.10. The van der Waals surface area contributed by atoms with Gasteiger partial charge in [0, 0.05) is 5.92 Å². The van der Waals surface area contributed by atoms with Crippen LogP contribution in [0.2, 0.25) is 5.02 Å². The molecule has 1 aromatic rings. The molecule has 0 radical (unpaired) electrons. The summed E-state index contributed by atoms with van der Waals surface area (Å²) in [6.07, 6.45) is 1.06. The standard InChI is InChI=1S/C9H12ClNO2/c1-3-5(2)8-7(10)9(13-11-8)6-4-12-6/h5-6H,3-4H2,1-2H3. The molecule has 0 aromatic carbocycles. The second-order valence-electron chi connectivity index (χ2n) is 3.38. The third-order valence-corrected chi connectivity index (χ3v) is 2.77. The Morgan fingerprint density at radius 2 is 2.38 bits per heavy atom. The molecule has 0 N–H and O–H groups in total. The monoisotopic (exact) mass is 201 g/mol. The van der Waals surface area contributed by atoms with Crippen LogP contribution in [0.5, 0.6) is 0 Å². The van der Waals surface area contributed by atoms with Crippen LogP contribution in [0.1, 0.15) is 43.7 Å². The number of hydrogen-bond acceptors (Lipinski definition) is 3. The first-order chi connectivity index (χ1) is 6.24. The van der Waals surface area contributed by atoms with Gasteiger partial charge in [0.1, 0.15) is 16.8 Å². The Morgan fingerprint density at radius 3 is 2.92 bits per heavy atom. The van der Waals surface area contributed by atoms with Crippen LogP contribution in [0.15, 0.2) is 4.52 Å². The minimum absolute atomic E-state index is 0.0535. The Balaban J connectivity index is 2.26. The third kappa shape index (κ3) is 1.58. The molecule has 72 valence electrons. The van der Waals surface area contributed by atoms with Crippen molar-refractivity contribution < 1.29 is 9.26 Å². The fourth-order valence-corrected chi connectivity index (χ4v) is 1.58. The molecule has 1 saturated heterocycles. The fraction of sp³-hybridized carbons (Fsp3) is 0.667. The lowest BCUT2D eigenvalue weighted by Gasteiger charge is -2.02. The van der Waals surface area contributed by atoms with E-state index >= 15 is 0 Å². The molecule has 2 rings (SSSR count). The normalized spacial score (nSPS) is 23.2. The van der Waals surface area contributed by atoms with Gasteiger partial charge in [-0.3, -0.25) is 0 Å². The number of epoxide rings is 1. The highest BCUT2D eigenvalue weighted by molar-refractivity contribution is 6.31. The number of hydrogen-bond donors (Lipinski definition) is 0. The Labute approximate surface area is 82.0 Å². The SMILES string of the molecule is CCC(C)c1noc(C2CO2)c1Cl. The van der Waals surface area contributed by atoms with Crippen LogP contribution in [0.25, 0.3) is 0 Å². The Hall–Kier alpha value is -0.540. The predicted molar refractivity (Wildman–Crippen MR) is 48.9 cm³/mol. The van der Waals surface area contributed by atoms with Gasteiger partial charge in [-0.15, -0.1) is 0 Å². The van der Waals surface area contributed by atoms with E-state index in [1.165, 1.54) is 0 Å². The smallest absolute Gasteiger partial charge is 0.186 e. The molecule has 4 heteroatoms. The molecule has 0 spiro atoms. The lowest BCUT2D eigenvalue weighted by molar-refractivity contribution is 0.322. The van der Waals surface area contributed by atoms with E-state index in [2.05, 4.69) is 19.0 Å². The molecule has 1 aromatic heterocycles. The average Bonchev–Trinajstić information content (AvgIpc) is 2.90. The lowest BCUT2D eigenvalue weighted by Crippen LogP contribution is -1.91. The van der Waals surface area contributed by atoms with Gasteiger partial charge in [-0.1, -0.05) is 30.6 Å². The zero-order chi connectivity index (χ0) is 9.42. The van der Waals surface area contributed by atoms with Gasteiger partial charge in [-0.05, 0) is 6.42 Å². The van der Waals surface area contributed by atoms with Crippen LogP contribution in [0.4, 0.5) is 0 Å². The van der Waals surface area contributed by atoms with E-state index in [1.54, 1.807) is 0 Å². The molecule has 2 heterocycles.